The summed E-state index contributed by atoms with van der Waals surface area (Å²) in [5.74, 6) is -0.420. The van der Waals surface area contributed by atoms with E-state index in [9.17, 15) is 4.79 Å². The molecular formula is C13H12N2O2S. The molecule has 5 heteroatoms. The number of H-pyrrole nitrogens is 1. The number of aromatic nitrogens is 1. The number of hydrogen-bond donors (Lipinski definition) is 2. The van der Waals surface area contributed by atoms with Crippen molar-refractivity contribution in [3.05, 3.63) is 50.6 Å². The summed E-state index contributed by atoms with van der Waals surface area (Å²) in [6.45, 7) is 2.88. The summed E-state index contributed by atoms with van der Waals surface area (Å²) in [6, 6.07) is 9.79. The number of hydrogen-bond acceptors (Lipinski definition) is 4. The summed E-state index contributed by atoms with van der Waals surface area (Å²) in [7, 11) is 0. The first-order chi connectivity index (χ1) is 8.70. The molecule has 0 aliphatic carbocycles. The Morgan fingerprint density at radius 1 is 1.33 bits per heavy atom. The molecule has 0 aliphatic heterocycles. The Morgan fingerprint density at radius 3 is 3.00 bits per heavy atom. The molecule has 0 fully saturated rings. The second kappa shape index (κ2) is 4.34. The quantitative estimate of drug-likeness (QED) is 0.760. The fraction of sp³-hybridized carbons (Fsp3) is 0.154. The minimum Gasteiger partial charge on any atom is -0.408 e. The van der Waals surface area contributed by atoms with Gasteiger partial charge in [-0.05, 0) is 37.3 Å². The van der Waals surface area contributed by atoms with Gasteiger partial charge in [-0.2, -0.15) is 0 Å². The van der Waals surface area contributed by atoms with Crippen LogP contribution in [0.25, 0.3) is 11.1 Å². The number of fused-ring (bicyclic) bond motifs is 1. The van der Waals surface area contributed by atoms with Crippen LogP contribution in [-0.4, -0.2) is 4.98 Å². The van der Waals surface area contributed by atoms with Gasteiger partial charge in [-0.3, -0.25) is 4.98 Å². The molecule has 0 saturated carbocycles. The third-order valence-corrected chi connectivity index (χ3v) is 3.68. The average molecular weight is 260 g/mol. The summed E-state index contributed by atoms with van der Waals surface area (Å²) in [4.78, 5) is 16.3. The molecule has 0 aliphatic rings. The predicted octanol–water partition coefficient (Wildman–Crippen LogP) is 3.10. The smallest absolute Gasteiger partial charge is 0.408 e. The van der Waals surface area contributed by atoms with E-state index in [-0.39, 0.29) is 0 Å². The van der Waals surface area contributed by atoms with E-state index >= 15 is 0 Å². The molecule has 0 atom stereocenters. The molecule has 4 nitrogen and oxygen atoms in total. The Bertz CT molecular complexity index is 739. The number of oxazole rings is 1. The van der Waals surface area contributed by atoms with E-state index < -0.39 is 5.76 Å². The number of anilines is 1. The number of nitrogens with one attached hydrogen (secondary N) is 2. The zero-order valence-corrected chi connectivity index (χ0v) is 10.6. The SMILES string of the molecule is Cc1ccc(CNc2ccc3oc(=O)[nH]c3c2)s1. The van der Waals surface area contributed by atoms with Crippen LogP contribution in [0.15, 0.2) is 39.5 Å². The van der Waals surface area contributed by atoms with Gasteiger partial charge < -0.3 is 9.73 Å². The number of thiophene rings is 1. The van der Waals surface area contributed by atoms with Crippen molar-refractivity contribution in [3.63, 3.8) is 0 Å². The van der Waals surface area contributed by atoms with Gasteiger partial charge >= 0.3 is 5.76 Å². The van der Waals surface area contributed by atoms with E-state index in [4.69, 9.17) is 4.42 Å². The largest absolute Gasteiger partial charge is 0.417 e. The predicted molar refractivity (Wildman–Crippen MR) is 73.2 cm³/mol. The Hall–Kier alpha value is -2.01. The zero-order chi connectivity index (χ0) is 12.5. The van der Waals surface area contributed by atoms with E-state index in [0.717, 1.165) is 12.2 Å². The van der Waals surface area contributed by atoms with Gasteiger partial charge in [0.05, 0.1) is 5.52 Å². The lowest BCUT2D eigenvalue weighted by Crippen LogP contribution is -1.97. The monoisotopic (exact) mass is 260 g/mol. The first-order valence-electron chi connectivity index (χ1n) is 5.63. The van der Waals surface area contributed by atoms with E-state index in [1.54, 1.807) is 17.4 Å². The van der Waals surface area contributed by atoms with Gasteiger partial charge in [0.15, 0.2) is 5.58 Å². The Labute approximate surface area is 107 Å². The second-order valence-electron chi connectivity index (χ2n) is 4.09. The van der Waals surface area contributed by atoms with Crippen LogP contribution in [0.5, 0.6) is 0 Å². The van der Waals surface area contributed by atoms with E-state index in [1.165, 1.54) is 9.75 Å². The number of aromatic amines is 1. The van der Waals surface area contributed by atoms with Crippen molar-refractivity contribution in [1.29, 1.82) is 0 Å². The van der Waals surface area contributed by atoms with Crippen LogP contribution in [0.1, 0.15) is 9.75 Å². The first-order valence-corrected chi connectivity index (χ1v) is 6.44. The summed E-state index contributed by atoms with van der Waals surface area (Å²) in [6.07, 6.45) is 0. The van der Waals surface area contributed by atoms with E-state index in [2.05, 4.69) is 29.4 Å². The van der Waals surface area contributed by atoms with Gasteiger partial charge in [-0.1, -0.05) is 0 Å². The number of aryl methyl sites for hydroxylation is 1. The molecule has 2 heterocycles. The van der Waals surface area contributed by atoms with Crippen LogP contribution in [0.2, 0.25) is 0 Å². The van der Waals surface area contributed by atoms with Gasteiger partial charge in [0.1, 0.15) is 0 Å². The van der Waals surface area contributed by atoms with Crippen molar-refractivity contribution in [2.24, 2.45) is 0 Å². The molecule has 3 aromatic rings. The Kier molecular flexibility index (Phi) is 2.68. The topological polar surface area (TPSA) is 58.0 Å². The van der Waals surface area contributed by atoms with Gasteiger partial charge in [0.25, 0.3) is 0 Å². The van der Waals surface area contributed by atoms with Crippen molar-refractivity contribution in [1.82, 2.24) is 4.98 Å². The molecule has 2 N–H and O–H groups in total. The molecule has 0 bridgehead atoms. The zero-order valence-electron chi connectivity index (χ0n) is 9.82. The minimum absolute atomic E-state index is 0.420. The molecule has 0 saturated heterocycles. The molecule has 92 valence electrons. The van der Waals surface area contributed by atoms with Crippen LogP contribution in [0, 0.1) is 6.92 Å². The third kappa shape index (κ3) is 2.17. The normalized spacial score (nSPS) is 10.9. The van der Waals surface area contributed by atoms with Crippen molar-refractivity contribution >= 4 is 28.1 Å². The highest BCUT2D eigenvalue weighted by Crippen LogP contribution is 2.19. The van der Waals surface area contributed by atoms with Crippen LogP contribution >= 0.6 is 11.3 Å². The molecule has 0 amide bonds. The molecule has 1 aromatic carbocycles. The fourth-order valence-corrected chi connectivity index (χ4v) is 2.66. The average Bonchev–Trinajstić information content (AvgIpc) is 2.90. The van der Waals surface area contributed by atoms with Gasteiger partial charge in [0, 0.05) is 22.0 Å². The molecule has 2 aromatic heterocycles. The highest BCUT2D eigenvalue weighted by Gasteiger charge is 2.02. The molecule has 18 heavy (non-hydrogen) atoms. The molecule has 3 rings (SSSR count). The van der Waals surface area contributed by atoms with Crippen molar-refractivity contribution in [2.75, 3.05) is 5.32 Å². The van der Waals surface area contributed by atoms with E-state index in [0.29, 0.717) is 11.1 Å². The summed E-state index contributed by atoms with van der Waals surface area (Å²) in [5.41, 5.74) is 2.26. The number of rotatable bonds is 3. The molecular weight excluding hydrogens is 248 g/mol. The van der Waals surface area contributed by atoms with Gasteiger partial charge in [-0.15, -0.1) is 11.3 Å². The van der Waals surface area contributed by atoms with Crippen LogP contribution in [0.4, 0.5) is 5.69 Å². The van der Waals surface area contributed by atoms with Gasteiger partial charge in [-0.25, -0.2) is 4.79 Å². The maximum Gasteiger partial charge on any atom is 0.417 e. The lowest BCUT2D eigenvalue weighted by atomic mass is 10.3. The minimum atomic E-state index is -0.420. The van der Waals surface area contributed by atoms with Crippen molar-refractivity contribution in [2.45, 2.75) is 13.5 Å². The fourth-order valence-electron chi connectivity index (χ4n) is 1.83. The molecule has 0 radical (unpaired) electrons. The maximum atomic E-state index is 11.0. The molecule has 0 unspecified atom stereocenters. The van der Waals surface area contributed by atoms with Crippen molar-refractivity contribution in [3.8, 4) is 0 Å². The number of benzene rings is 1. The van der Waals surface area contributed by atoms with Gasteiger partial charge in [0.2, 0.25) is 0 Å². The third-order valence-electron chi connectivity index (χ3n) is 2.68. The van der Waals surface area contributed by atoms with Crippen molar-refractivity contribution < 1.29 is 4.42 Å². The Balaban J connectivity index is 1.80. The van der Waals surface area contributed by atoms with Crippen LogP contribution in [0.3, 0.4) is 0 Å². The summed E-state index contributed by atoms with van der Waals surface area (Å²) in [5, 5.41) is 3.32. The second-order valence-corrected chi connectivity index (χ2v) is 5.46. The highest BCUT2D eigenvalue weighted by atomic mass is 32.1. The maximum absolute atomic E-state index is 11.0. The summed E-state index contributed by atoms with van der Waals surface area (Å²) >= 11 is 1.78. The highest BCUT2D eigenvalue weighted by molar-refractivity contribution is 7.11. The lowest BCUT2D eigenvalue weighted by Gasteiger charge is -2.04. The summed E-state index contributed by atoms with van der Waals surface area (Å²) < 4.78 is 4.95. The Morgan fingerprint density at radius 2 is 2.22 bits per heavy atom. The van der Waals surface area contributed by atoms with Crippen LogP contribution in [-0.2, 0) is 6.54 Å². The lowest BCUT2D eigenvalue weighted by molar-refractivity contribution is 0.555. The first kappa shape index (κ1) is 11.1. The molecule has 0 spiro atoms. The standard InChI is InChI=1S/C13H12N2O2S/c1-8-2-4-10(18-8)7-14-9-3-5-12-11(6-9)15-13(16)17-12/h2-6,14H,7H2,1H3,(H,15,16). The van der Waals surface area contributed by atoms with Crippen LogP contribution < -0.4 is 11.1 Å². The van der Waals surface area contributed by atoms with E-state index in [1.807, 2.05) is 12.1 Å².